The van der Waals surface area contributed by atoms with E-state index in [1.165, 1.54) is 20.6 Å². The zero-order chi connectivity index (χ0) is 18.9. The Hall–Kier alpha value is -2.62. The quantitative estimate of drug-likeness (QED) is 0.496. The Kier molecular flexibility index (Phi) is 7.39. The average molecular weight is 354 g/mol. The van der Waals surface area contributed by atoms with Gasteiger partial charge >= 0.3 is 11.9 Å². The summed E-state index contributed by atoms with van der Waals surface area (Å²) in [5.74, 6) is -0.442. The SMILES string of the molecule is CCCCCC(c1ccc(C(=O)OC)cc1)c1ccc(C(=O)OC)cc1. The van der Waals surface area contributed by atoms with E-state index in [1.54, 1.807) is 24.3 Å². The van der Waals surface area contributed by atoms with E-state index in [4.69, 9.17) is 9.47 Å². The second kappa shape index (κ2) is 9.76. The molecular formula is C22H26O4. The molecule has 0 fully saturated rings. The van der Waals surface area contributed by atoms with Gasteiger partial charge in [-0.1, -0.05) is 50.5 Å². The number of carbonyl (C=O) groups excluding carboxylic acids is 2. The molecule has 0 aliphatic heterocycles. The van der Waals surface area contributed by atoms with Crippen molar-refractivity contribution >= 4 is 11.9 Å². The van der Waals surface area contributed by atoms with Gasteiger partial charge in [0.1, 0.15) is 0 Å². The second-order valence-electron chi connectivity index (χ2n) is 6.28. The number of rotatable bonds is 8. The minimum atomic E-state index is -0.332. The van der Waals surface area contributed by atoms with E-state index < -0.39 is 0 Å². The van der Waals surface area contributed by atoms with Crippen LogP contribution in [0.1, 0.15) is 70.4 Å². The maximum absolute atomic E-state index is 11.6. The zero-order valence-electron chi connectivity index (χ0n) is 15.7. The molecule has 26 heavy (non-hydrogen) atoms. The number of methoxy groups -OCH3 is 2. The number of carbonyl (C=O) groups is 2. The standard InChI is InChI=1S/C22H26O4/c1-4-5-6-7-20(16-8-12-18(13-9-16)21(23)25-2)17-10-14-19(15-11-17)22(24)26-3/h8-15,20H,4-7H2,1-3H3. The Balaban J connectivity index is 2.27. The van der Waals surface area contributed by atoms with Crippen molar-refractivity contribution < 1.29 is 19.1 Å². The molecule has 138 valence electrons. The first-order chi connectivity index (χ1) is 12.6. The summed E-state index contributed by atoms with van der Waals surface area (Å²) in [6.45, 7) is 2.19. The van der Waals surface area contributed by atoms with Gasteiger partial charge in [0.2, 0.25) is 0 Å². The lowest BCUT2D eigenvalue weighted by Crippen LogP contribution is -2.06. The van der Waals surface area contributed by atoms with Crippen LogP contribution in [-0.2, 0) is 9.47 Å². The van der Waals surface area contributed by atoms with Crippen molar-refractivity contribution in [3.05, 3.63) is 70.8 Å². The smallest absolute Gasteiger partial charge is 0.337 e. The number of hydrogen-bond acceptors (Lipinski definition) is 4. The van der Waals surface area contributed by atoms with Gasteiger partial charge in [0.15, 0.2) is 0 Å². The lowest BCUT2D eigenvalue weighted by Gasteiger charge is -2.19. The van der Waals surface area contributed by atoms with E-state index in [0.717, 1.165) is 30.4 Å². The Bertz CT molecular complexity index is 657. The summed E-state index contributed by atoms with van der Waals surface area (Å²) >= 11 is 0. The molecular weight excluding hydrogens is 328 g/mol. The molecule has 0 spiro atoms. The van der Waals surface area contributed by atoms with Crippen molar-refractivity contribution in [2.75, 3.05) is 14.2 Å². The molecule has 0 N–H and O–H groups in total. The van der Waals surface area contributed by atoms with Crippen LogP contribution >= 0.6 is 0 Å². The summed E-state index contributed by atoms with van der Waals surface area (Å²) < 4.78 is 9.53. The fraction of sp³-hybridized carbons (Fsp3) is 0.364. The van der Waals surface area contributed by atoms with E-state index in [1.807, 2.05) is 24.3 Å². The summed E-state index contributed by atoms with van der Waals surface area (Å²) in [7, 11) is 2.76. The van der Waals surface area contributed by atoms with Crippen molar-refractivity contribution in [1.82, 2.24) is 0 Å². The third-order valence-corrected chi connectivity index (χ3v) is 4.56. The first-order valence-corrected chi connectivity index (χ1v) is 8.97. The van der Waals surface area contributed by atoms with Crippen LogP contribution in [0.25, 0.3) is 0 Å². The van der Waals surface area contributed by atoms with Crippen LogP contribution in [0, 0.1) is 0 Å². The molecule has 0 radical (unpaired) electrons. The highest BCUT2D eigenvalue weighted by atomic mass is 16.5. The third kappa shape index (κ3) is 4.94. The van der Waals surface area contributed by atoms with Crippen LogP contribution < -0.4 is 0 Å². The fourth-order valence-electron chi connectivity index (χ4n) is 3.06. The van der Waals surface area contributed by atoms with Crippen LogP contribution in [0.4, 0.5) is 0 Å². The van der Waals surface area contributed by atoms with Crippen LogP contribution in [0.15, 0.2) is 48.5 Å². The monoisotopic (exact) mass is 354 g/mol. The normalized spacial score (nSPS) is 10.6. The molecule has 0 saturated carbocycles. The molecule has 2 aromatic carbocycles. The highest BCUT2D eigenvalue weighted by Gasteiger charge is 2.16. The predicted octanol–water partition coefficient (Wildman–Crippen LogP) is 4.97. The molecule has 0 heterocycles. The van der Waals surface area contributed by atoms with E-state index in [0.29, 0.717) is 11.1 Å². The van der Waals surface area contributed by atoms with Gasteiger partial charge in [-0.2, -0.15) is 0 Å². The molecule has 2 rings (SSSR count). The average Bonchev–Trinajstić information content (AvgIpc) is 2.70. The molecule has 2 aromatic rings. The topological polar surface area (TPSA) is 52.6 Å². The molecule has 4 nitrogen and oxygen atoms in total. The maximum atomic E-state index is 11.6. The molecule has 0 unspecified atom stereocenters. The van der Waals surface area contributed by atoms with E-state index in [9.17, 15) is 9.59 Å². The molecule has 0 aliphatic carbocycles. The third-order valence-electron chi connectivity index (χ3n) is 4.56. The van der Waals surface area contributed by atoms with Gasteiger partial charge in [-0.15, -0.1) is 0 Å². The van der Waals surface area contributed by atoms with Gasteiger partial charge in [0, 0.05) is 5.92 Å². The first kappa shape index (κ1) is 19.7. The van der Waals surface area contributed by atoms with Crippen molar-refractivity contribution in [2.45, 2.75) is 38.5 Å². The Labute approximate surface area is 155 Å². The maximum Gasteiger partial charge on any atom is 0.337 e. The van der Waals surface area contributed by atoms with Gasteiger partial charge in [-0.3, -0.25) is 0 Å². The highest BCUT2D eigenvalue weighted by Crippen LogP contribution is 2.30. The van der Waals surface area contributed by atoms with Gasteiger partial charge in [-0.25, -0.2) is 9.59 Å². The van der Waals surface area contributed by atoms with Crippen LogP contribution in [0.2, 0.25) is 0 Å². The summed E-state index contributed by atoms with van der Waals surface area (Å²) in [5, 5.41) is 0. The molecule has 0 aromatic heterocycles. The lowest BCUT2D eigenvalue weighted by molar-refractivity contribution is 0.0592. The first-order valence-electron chi connectivity index (χ1n) is 8.97. The van der Waals surface area contributed by atoms with Crippen molar-refractivity contribution in [3.63, 3.8) is 0 Å². The van der Waals surface area contributed by atoms with Crippen molar-refractivity contribution in [1.29, 1.82) is 0 Å². The van der Waals surface area contributed by atoms with Crippen LogP contribution in [-0.4, -0.2) is 26.2 Å². The zero-order valence-corrected chi connectivity index (χ0v) is 15.7. The number of ether oxygens (including phenoxy) is 2. The van der Waals surface area contributed by atoms with Gasteiger partial charge in [0.05, 0.1) is 25.3 Å². The number of esters is 2. The number of benzene rings is 2. The van der Waals surface area contributed by atoms with Crippen LogP contribution in [0.5, 0.6) is 0 Å². The summed E-state index contributed by atoms with van der Waals surface area (Å²) in [6, 6.07) is 15.1. The minimum absolute atomic E-state index is 0.222. The van der Waals surface area contributed by atoms with Gasteiger partial charge in [-0.05, 0) is 41.8 Å². The molecule has 0 atom stereocenters. The predicted molar refractivity (Wildman–Crippen MR) is 102 cm³/mol. The number of unbranched alkanes of at least 4 members (excludes halogenated alkanes) is 2. The highest BCUT2D eigenvalue weighted by molar-refractivity contribution is 5.89. The lowest BCUT2D eigenvalue weighted by atomic mass is 9.86. The van der Waals surface area contributed by atoms with Gasteiger partial charge in [0.25, 0.3) is 0 Å². The summed E-state index contributed by atoms with van der Waals surface area (Å²) in [6.07, 6.45) is 4.48. The molecule has 0 amide bonds. The van der Waals surface area contributed by atoms with Crippen molar-refractivity contribution in [2.24, 2.45) is 0 Å². The summed E-state index contributed by atoms with van der Waals surface area (Å²) in [5.41, 5.74) is 3.40. The molecule has 0 bridgehead atoms. The molecule has 4 heteroatoms. The van der Waals surface area contributed by atoms with Crippen molar-refractivity contribution in [3.8, 4) is 0 Å². The van der Waals surface area contributed by atoms with Gasteiger partial charge < -0.3 is 9.47 Å². The molecule has 0 saturated heterocycles. The summed E-state index contributed by atoms with van der Waals surface area (Å²) in [4.78, 5) is 23.3. The van der Waals surface area contributed by atoms with E-state index in [-0.39, 0.29) is 17.9 Å². The Morgan fingerprint density at radius 1 is 0.769 bits per heavy atom. The van der Waals surface area contributed by atoms with Crippen LogP contribution in [0.3, 0.4) is 0 Å². The number of hydrogen-bond donors (Lipinski definition) is 0. The minimum Gasteiger partial charge on any atom is -0.465 e. The fourth-order valence-corrected chi connectivity index (χ4v) is 3.06. The van der Waals surface area contributed by atoms with E-state index in [2.05, 4.69) is 6.92 Å². The Morgan fingerprint density at radius 3 is 1.54 bits per heavy atom. The molecule has 0 aliphatic rings. The van der Waals surface area contributed by atoms with E-state index >= 15 is 0 Å². The Morgan fingerprint density at radius 2 is 1.19 bits per heavy atom. The second-order valence-corrected chi connectivity index (χ2v) is 6.28. The largest absolute Gasteiger partial charge is 0.465 e.